The molecule has 2 fully saturated rings. The number of carbonyl (C=O) groups excluding carboxylic acids is 1. The van der Waals surface area contributed by atoms with Gasteiger partial charge in [0.05, 0.1) is 24.3 Å². The van der Waals surface area contributed by atoms with Gasteiger partial charge in [0.2, 0.25) is 0 Å². The van der Waals surface area contributed by atoms with Crippen molar-refractivity contribution in [2.45, 2.75) is 6.04 Å². The molecule has 190 valence electrons. The maximum absolute atomic E-state index is 12.3. The van der Waals surface area contributed by atoms with Gasteiger partial charge in [-0.1, -0.05) is 5.21 Å². The van der Waals surface area contributed by atoms with Gasteiger partial charge in [-0.15, -0.1) is 16.4 Å². The molecule has 0 unspecified atom stereocenters. The molecular formula is C23H23N9O4S. The van der Waals surface area contributed by atoms with Crippen LogP contribution >= 0.6 is 11.3 Å². The van der Waals surface area contributed by atoms with E-state index in [1.165, 1.54) is 16.2 Å². The van der Waals surface area contributed by atoms with Crippen molar-refractivity contribution in [2.75, 3.05) is 54.9 Å². The Balaban J connectivity index is 1.30. The monoisotopic (exact) mass is 521 g/mol. The van der Waals surface area contributed by atoms with E-state index in [0.717, 1.165) is 10.6 Å². The molecule has 3 amide bonds. The molecular weight excluding hydrogens is 498 g/mol. The molecule has 5 heterocycles. The minimum atomic E-state index is -0.956. The number of rotatable bonds is 5. The number of carbonyl (C=O) groups is 2. The summed E-state index contributed by atoms with van der Waals surface area (Å²) in [7, 11) is 0. The van der Waals surface area contributed by atoms with Gasteiger partial charge in [-0.3, -0.25) is 5.32 Å². The number of nitrogens with zero attached hydrogens (tertiary/aromatic N) is 7. The number of morpholine rings is 1. The molecule has 2 aliphatic heterocycles. The van der Waals surface area contributed by atoms with Gasteiger partial charge in [0.25, 0.3) is 0 Å². The molecule has 0 radical (unpaired) electrons. The van der Waals surface area contributed by atoms with Crippen molar-refractivity contribution >= 4 is 51.1 Å². The van der Waals surface area contributed by atoms with Crippen molar-refractivity contribution < 1.29 is 19.4 Å². The molecule has 4 aromatic rings. The van der Waals surface area contributed by atoms with Gasteiger partial charge in [-0.25, -0.2) is 24.2 Å². The standard InChI is InChI=1S/C23H23N9O4S/c33-22(25-17-2-1-11-37-17)24-15-5-3-14(4-6-15)19-26-20(30-7-9-36-10-8-30)18-21(27-19)32(29-28-18)16-12-31(13-16)23(34)35/h1-6,11,16H,7-10,12-13H2,(H,34,35)(H2,24,25,33). The molecule has 0 atom stereocenters. The topological polar surface area (TPSA) is 151 Å². The van der Waals surface area contributed by atoms with Crippen LogP contribution in [0.15, 0.2) is 41.8 Å². The third-order valence-electron chi connectivity index (χ3n) is 6.25. The highest BCUT2D eigenvalue weighted by Crippen LogP contribution is 2.30. The number of hydrogen-bond donors (Lipinski definition) is 3. The second-order valence-corrected chi connectivity index (χ2v) is 9.60. The zero-order chi connectivity index (χ0) is 25.4. The zero-order valence-electron chi connectivity index (χ0n) is 19.6. The number of hydrogen-bond acceptors (Lipinski definition) is 9. The lowest BCUT2D eigenvalue weighted by Gasteiger charge is -2.36. The number of carboxylic acid groups (broad SMARTS) is 1. The van der Waals surface area contributed by atoms with E-state index in [9.17, 15) is 14.7 Å². The maximum atomic E-state index is 12.3. The summed E-state index contributed by atoms with van der Waals surface area (Å²) in [4.78, 5) is 36.5. The first kappa shape index (κ1) is 23.1. The van der Waals surface area contributed by atoms with Crippen LogP contribution in [-0.2, 0) is 4.74 Å². The van der Waals surface area contributed by atoms with Crippen molar-refractivity contribution in [3.63, 3.8) is 0 Å². The van der Waals surface area contributed by atoms with E-state index in [1.807, 2.05) is 29.6 Å². The predicted octanol–water partition coefficient (Wildman–Crippen LogP) is 2.97. The molecule has 6 rings (SSSR count). The number of anilines is 3. The Morgan fingerprint density at radius 2 is 1.84 bits per heavy atom. The SMILES string of the molecule is O=C(Nc1ccc(-c2nc(N3CCOCC3)c3nnn(C4CN(C(=O)O)C4)c3n2)cc1)Nc1cccs1. The summed E-state index contributed by atoms with van der Waals surface area (Å²) in [6.45, 7) is 3.15. The van der Waals surface area contributed by atoms with Gasteiger partial charge >= 0.3 is 12.1 Å². The van der Waals surface area contributed by atoms with Crippen molar-refractivity contribution in [2.24, 2.45) is 0 Å². The van der Waals surface area contributed by atoms with Crippen LogP contribution in [0, 0.1) is 0 Å². The molecule has 13 nitrogen and oxygen atoms in total. The van der Waals surface area contributed by atoms with E-state index in [1.54, 1.807) is 16.8 Å². The maximum Gasteiger partial charge on any atom is 0.407 e. The Labute approximate surface area is 214 Å². The largest absolute Gasteiger partial charge is 0.465 e. The van der Waals surface area contributed by atoms with Crippen LogP contribution in [0.3, 0.4) is 0 Å². The van der Waals surface area contributed by atoms with Crippen molar-refractivity contribution in [3.05, 3.63) is 41.8 Å². The highest BCUT2D eigenvalue weighted by atomic mass is 32.1. The first-order chi connectivity index (χ1) is 18.0. The van der Waals surface area contributed by atoms with Crippen LogP contribution in [0.1, 0.15) is 6.04 Å². The highest BCUT2D eigenvalue weighted by molar-refractivity contribution is 7.14. The summed E-state index contributed by atoms with van der Waals surface area (Å²) in [5, 5.41) is 26.1. The number of benzene rings is 1. The molecule has 3 N–H and O–H groups in total. The summed E-state index contributed by atoms with van der Waals surface area (Å²) < 4.78 is 7.19. The molecule has 0 aliphatic carbocycles. The number of urea groups is 1. The number of ether oxygens (including phenoxy) is 1. The van der Waals surface area contributed by atoms with E-state index < -0.39 is 6.09 Å². The van der Waals surface area contributed by atoms with Crippen molar-refractivity contribution in [1.29, 1.82) is 0 Å². The first-order valence-electron chi connectivity index (χ1n) is 11.7. The summed E-state index contributed by atoms with van der Waals surface area (Å²) in [5.41, 5.74) is 2.51. The lowest BCUT2D eigenvalue weighted by atomic mass is 10.1. The predicted molar refractivity (Wildman–Crippen MR) is 137 cm³/mol. The Morgan fingerprint density at radius 1 is 1.05 bits per heavy atom. The molecule has 14 heteroatoms. The number of nitrogens with one attached hydrogen (secondary N) is 2. The Bertz CT molecular complexity index is 1430. The molecule has 3 aromatic heterocycles. The van der Waals surface area contributed by atoms with Gasteiger partial charge in [0, 0.05) is 37.4 Å². The minimum absolute atomic E-state index is 0.144. The lowest BCUT2D eigenvalue weighted by molar-refractivity contribution is 0.0818. The third-order valence-corrected chi connectivity index (χ3v) is 7.04. The minimum Gasteiger partial charge on any atom is -0.465 e. The second kappa shape index (κ2) is 9.63. The number of amides is 3. The van der Waals surface area contributed by atoms with Crippen LogP contribution in [0.4, 0.5) is 26.1 Å². The van der Waals surface area contributed by atoms with Gasteiger partial charge in [0.1, 0.15) is 0 Å². The van der Waals surface area contributed by atoms with E-state index in [2.05, 4.69) is 25.8 Å². The Morgan fingerprint density at radius 3 is 2.54 bits per heavy atom. The van der Waals surface area contributed by atoms with E-state index in [-0.39, 0.29) is 12.1 Å². The first-order valence-corrected chi connectivity index (χ1v) is 12.6. The molecule has 0 spiro atoms. The van der Waals surface area contributed by atoms with Crippen LogP contribution < -0.4 is 15.5 Å². The Hall–Kier alpha value is -4.30. The van der Waals surface area contributed by atoms with Crippen LogP contribution in [0.2, 0.25) is 0 Å². The van der Waals surface area contributed by atoms with Gasteiger partial charge < -0.3 is 25.0 Å². The summed E-state index contributed by atoms with van der Waals surface area (Å²) in [6.07, 6.45) is -0.956. The summed E-state index contributed by atoms with van der Waals surface area (Å²) in [6, 6.07) is 10.5. The average molecular weight is 522 g/mol. The van der Waals surface area contributed by atoms with Crippen LogP contribution in [0.5, 0.6) is 0 Å². The fourth-order valence-corrected chi connectivity index (χ4v) is 4.89. The van der Waals surface area contributed by atoms with E-state index >= 15 is 0 Å². The van der Waals surface area contributed by atoms with Gasteiger partial charge in [-0.2, -0.15) is 0 Å². The quantitative estimate of drug-likeness (QED) is 0.360. The van der Waals surface area contributed by atoms with Crippen LogP contribution in [0.25, 0.3) is 22.6 Å². The van der Waals surface area contributed by atoms with Gasteiger partial charge in [0.15, 0.2) is 22.8 Å². The van der Waals surface area contributed by atoms with E-state index in [4.69, 9.17) is 14.7 Å². The molecule has 2 saturated heterocycles. The molecule has 0 saturated carbocycles. The third kappa shape index (κ3) is 4.63. The smallest absolute Gasteiger partial charge is 0.407 e. The van der Waals surface area contributed by atoms with Crippen molar-refractivity contribution in [1.82, 2.24) is 29.9 Å². The zero-order valence-corrected chi connectivity index (χ0v) is 20.4. The summed E-state index contributed by atoms with van der Waals surface area (Å²) >= 11 is 1.44. The van der Waals surface area contributed by atoms with Crippen LogP contribution in [-0.4, -0.2) is 86.5 Å². The highest BCUT2D eigenvalue weighted by Gasteiger charge is 2.35. The molecule has 37 heavy (non-hydrogen) atoms. The lowest BCUT2D eigenvalue weighted by Crippen LogP contribution is -2.50. The number of likely N-dealkylation sites (tertiary alicyclic amines) is 1. The Kier molecular flexibility index (Phi) is 6.02. The normalized spacial score (nSPS) is 16.0. The molecule has 1 aromatic carbocycles. The van der Waals surface area contributed by atoms with E-state index in [0.29, 0.717) is 67.9 Å². The fourth-order valence-electron chi connectivity index (χ4n) is 4.28. The second-order valence-electron chi connectivity index (χ2n) is 8.65. The fraction of sp³-hybridized carbons (Fsp3) is 0.304. The molecule has 2 aliphatic rings. The number of thiophene rings is 1. The van der Waals surface area contributed by atoms with Gasteiger partial charge in [-0.05, 0) is 41.8 Å². The number of aromatic nitrogens is 5. The summed E-state index contributed by atoms with van der Waals surface area (Å²) in [5.74, 6) is 1.16. The number of fused-ring (bicyclic) bond motifs is 1. The van der Waals surface area contributed by atoms with Crippen molar-refractivity contribution in [3.8, 4) is 11.4 Å². The average Bonchev–Trinajstić information content (AvgIpc) is 3.54. The molecule has 0 bridgehead atoms.